The Morgan fingerprint density at radius 3 is 2.55 bits per heavy atom. The summed E-state index contributed by atoms with van der Waals surface area (Å²) in [5, 5.41) is 12.4. The van der Waals surface area contributed by atoms with Gasteiger partial charge in [0.1, 0.15) is 0 Å². The molecule has 0 spiro atoms. The second kappa shape index (κ2) is 5.83. The molecule has 6 heteroatoms. The predicted octanol–water partition coefficient (Wildman–Crippen LogP) is 2.75. The first kappa shape index (κ1) is 14.8. The molecule has 1 amide bonds. The lowest BCUT2D eigenvalue weighted by Gasteiger charge is -2.31. The van der Waals surface area contributed by atoms with Gasteiger partial charge in [-0.05, 0) is 40.9 Å². The van der Waals surface area contributed by atoms with Crippen molar-refractivity contribution in [2.75, 3.05) is 5.32 Å². The van der Waals surface area contributed by atoms with E-state index in [0.29, 0.717) is 15.7 Å². The van der Waals surface area contributed by atoms with Crippen molar-refractivity contribution in [2.45, 2.75) is 37.6 Å². The highest BCUT2D eigenvalue weighted by atomic mass is 79.9. The van der Waals surface area contributed by atoms with Crippen LogP contribution in [0.1, 0.15) is 42.5 Å². The van der Waals surface area contributed by atoms with Crippen molar-refractivity contribution in [1.82, 2.24) is 0 Å². The van der Waals surface area contributed by atoms with E-state index in [9.17, 15) is 9.59 Å². The van der Waals surface area contributed by atoms with E-state index in [2.05, 4.69) is 21.2 Å². The molecule has 0 radical (unpaired) electrons. The third kappa shape index (κ3) is 3.12. The molecule has 0 saturated heterocycles. The van der Waals surface area contributed by atoms with E-state index in [4.69, 9.17) is 10.8 Å². The number of primary amides is 1. The summed E-state index contributed by atoms with van der Waals surface area (Å²) in [5.74, 6) is -1.38. The van der Waals surface area contributed by atoms with Crippen LogP contribution in [0, 0.1) is 0 Å². The summed E-state index contributed by atoms with van der Waals surface area (Å²) in [5.41, 5.74) is 5.88. The monoisotopic (exact) mass is 340 g/mol. The van der Waals surface area contributed by atoms with Crippen molar-refractivity contribution in [3.63, 3.8) is 0 Å². The number of halogens is 1. The number of anilines is 1. The summed E-state index contributed by atoms with van der Waals surface area (Å²) < 4.78 is 0.610. The number of carbonyl (C=O) groups is 2. The molecule has 0 unspecified atom stereocenters. The Balaban J connectivity index is 2.34. The Bertz CT molecular complexity index is 539. The van der Waals surface area contributed by atoms with Crippen LogP contribution in [0.15, 0.2) is 22.7 Å². The van der Waals surface area contributed by atoms with Crippen LogP contribution in [0.3, 0.4) is 0 Å². The summed E-state index contributed by atoms with van der Waals surface area (Å²) in [6, 6.07) is 5.29. The first-order chi connectivity index (χ1) is 9.43. The molecule has 1 fully saturated rings. The number of rotatable bonds is 5. The van der Waals surface area contributed by atoms with E-state index in [1.54, 1.807) is 18.2 Å². The van der Waals surface area contributed by atoms with Gasteiger partial charge in [-0.1, -0.05) is 18.9 Å². The number of hydrogen-bond acceptors (Lipinski definition) is 3. The number of amides is 1. The average Bonchev–Trinajstić information content (AvgIpc) is 2.75. The summed E-state index contributed by atoms with van der Waals surface area (Å²) >= 11 is 3.31. The highest BCUT2D eigenvalue weighted by Crippen LogP contribution is 2.37. The molecule has 0 atom stereocenters. The topological polar surface area (TPSA) is 92.4 Å². The van der Waals surface area contributed by atoms with Crippen LogP contribution in [0.4, 0.5) is 5.69 Å². The van der Waals surface area contributed by atoms with Gasteiger partial charge in [0.15, 0.2) is 0 Å². The number of carbonyl (C=O) groups excluding carboxylic acids is 1. The molecule has 2 rings (SSSR count). The number of carboxylic acids is 1. The van der Waals surface area contributed by atoms with Gasteiger partial charge in [0.05, 0.1) is 12.0 Å². The van der Waals surface area contributed by atoms with Crippen LogP contribution in [-0.4, -0.2) is 22.5 Å². The first-order valence-corrected chi connectivity index (χ1v) is 7.31. The highest BCUT2D eigenvalue weighted by molar-refractivity contribution is 9.10. The average molecular weight is 341 g/mol. The molecule has 108 valence electrons. The molecule has 1 saturated carbocycles. The van der Waals surface area contributed by atoms with Gasteiger partial charge in [0.2, 0.25) is 0 Å². The molecule has 0 bridgehead atoms. The van der Waals surface area contributed by atoms with E-state index in [1.165, 1.54) is 0 Å². The minimum Gasteiger partial charge on any atom is -0.481 e. The normalized spacial score (nSPS) is 16.9. The van der Waals surface area contributed by atoms with E-state index in [0.717, 1.165) is 25.7 Å². The molecule has 1 aromatic carbocycles. The third-order valence-electron chi connectivity index (χ3n) is 3.71. The quantitative estimate of drug-likeness (QED) is 0.768. The van der Waals surface area contributed by atoms with E-state index in [-0.39, 0.29) is 6.42 Å². The molecular weight excluding hydrogens is 324 g/mol. The molecule has 0 heterocycles. The first-order valence-electron chi connectivity index (χ1n) is 6.52. The van der Waals surface area contributed by atoms with Crippen LogP contribution in [0.5, 0.6) is 0 Å². The van der Waals surface area contributed by atoms with Crippen LogP contribution in [0.2, 0.25) is 0 Å². The SMILES string of the molecule is NC(=O)c1c(Br)cccc1NC1(CC(=O)O)CCCC1. The van der Waals surface area contributed by atoms with Gasteiger partial charge in [0.25, 0.3) is 5.91 Å². The number of aliphatic carboxylic acids is 1. The number of hydrogen-bond donors (Lipinski definition) is 3. The zero-order chi connectivity index (χ0) is 14.8. The van der Waals surface area contributed by atoms with E-state index in [1.807, 2.05) is 0 Å². The van der Waals surface area contributed by atoms with Crippen molar-refractivity contribution in [1.29, 1.82) is 0 Å². The molecule has 0 aromatic heterocycles. The lowest BCUT2D eigenvalue weighted by Crippen LogP contribution is -2.38. The Kier molecular flexibility index (Phi) is 4.32. The van der Waals surface area contributed by atoms with Crippen LogP contribution >= 0.6 is 15.9 Å². The van der Waals surface area contributed by atoms with Gasteiger partial charge in [0, 0.05) is 15.7 Å². The Hall–Kier alpha value is -1.56. The van der Waals surface area contributed by atoms with Crippen LogP contribution in [0.25, 0.3) is 0 Å². The van der Waals surface area contributed by atoms with Crippen molar-refractivity contribution in [3.8, 4) is 0 Å². The lowest BCUT2D eigenvalue weighted by molar-refractivity contribution is -0.138. The molecule has 1 aliphatic carbocycles. The highest BCUT2D eigenvalue weighted by Gasteiger charge is 2.36. The zero-order valence-electron chi connectivity index (χ0n) is 11.0. The number of nitrogens with one attached hydrogen (secondary N) is 1. The van der Waals surface area contributed by atoms with Crippen molar-refractivity contribution < 1.29 is 14.7 Å². The lowest BCUT2D eigenvalue weighted by atomic mass is 9.92. The molecule has 5 nitrogen and oxygen atoms in total. The van der Waals surface area contributed by atoms with Gasteiger partial charge in [-0.2, -0.15) is 0 Å². The van der Waals surface area contributed by atoms with Gasteiger partial charge in [-0.15, -0.1) is 0 Å². The molecule has 4 N–H and O–H groups in total. The fourth-order valence-electron chi connectivity index (χ4n) is 2.85. The summed E-state index contributed by atoms with van der Waals surface area (Å²) in [6.07, 6.45) is 3.58. The maximum atomic E-state index is 11.6. The number of carboxylic acid groups (broad SMARTS) is 1. The van der Waals surface area contributed by atoms with Gasteiger partial charge in [-0.3, -0.25) is 9.59 Å². The van der Waals surface area contributed by atoms with Gasteiger partial charge >= 0.3 is 5.97 Å². The molecular formula is C14H17BrN2O3. The van der Waals surface area contributed by atoms with E-state index >= 15 is 0 Å². The van der Waals surface area contributed by atoms with Crippen molar-refractivity contribution >= 4 is 33.5 Å². The fourth-order valence-corrected chi connectivity index (χ4v) is 3.41. The Labute approximate surface area is 125 Å². The maximum Gasteiger partial charge on any atom is 0.305 e. The van der Waals surface area contributed by atoms with Crippen molar-refractivity contribution in [2.24, 2.45) is 5.73 Å². The standard InChI is InChI=1S/C14H17BrN2O3/c15-9-4-3-5-10(12(9)13(16)20)17-14(8-11(18)19)6-1-2-7-14/h3-5,17H,1-2,6-8H2,(H2,16,20)(H,18,19). The third-order valence-corrected chi connectivity index (χ3v) is 4.37. The smallest absolute Gasteiger partial charge is 0.305 e. The zero-order valence-corrected chi connectivity index (χ0v) is 12.6. The largest absolute Gasteiger partial charge is 0.481 e. The Morgan fingerprint density at radius 1 is 1.35 bits per heavy atom. The number of nitrogens with two attached hydrogens (primary N) is 1. The minimum absolute atomic E-state index is 0.0394. The predicted molar refractivity (Wildman–Crippen MR) is 79.7 cm³/mol. The minimum atomic E-state index is -0.838. The summed E-state index contributed by atoms with van der Waals surface area (Å²) in [6.45, 7) is 0. The molecule has 0 aliphatic heterocycles. The summed E-state index contributed by atoms with van der Waals surface area (Å²) in [4.78, 5) is 22.7. The molecule has 1 aliphatic rings. The van der Waals surface area contributed by atoms with Gasteiger partial charge in [-0.25, -0.2) is 0 Å². The summed E-state index contributed by atoms with van der Waals surface area (Å²) in [7, 11) is 0. The van der Waals surface area contributed by atoms with Crippen molar-refractivity contribution in [3.05, 3.63) is 28.2 Å². The second-order valence-electron chi connectivity index (χ2n) is 5.21. The number of benzene rings is 1. The molecule has 1 aromatic rings. The van der Waals surface area contributed by atoms with Gasteiger partial charge < -0.3 is 16.2 Å². The second-order valence-corrected chi connectivity index (χ2v) is 6.06. The maximum absolute atomic E-state index is 11.6. The van der Waals surface area contributed by atoms with Crippen LogP contribution < -0.4 is 11.1 Å². The molecule has 20 heavy (non-hydrogen) atoms. The van der Waals surface area contributed by atoms with Crippen LogP contribution in [-0.2, 0) is 4.79 Å². The fraction of sp³-hybridized carbons (Fsp3) is 0.429. The van der Waals surface area contributed by atoms with E-state index < -0.39 is 17.4 Å². The Morgan fingerprint density at radius 2 is 2.00 bits per heavy atom.